The second kappa shape index (κ2) is 7.72. The van der Waals surface area contributed by atoms with Crippen LogP contribution >= 0.6 is 0 Å². The molecule has 0 saturated carbocycles. The van der Waals surface area contributed by atoms with E-state index in [1.807, 2.05) is 35.2 Å². The van der Waals surface area contributed by atoms with Gasteiger partial charge in [-0.1, -0.05) is 36.4 Å². The SMILES string of the molecule is O=C(c1c(F)cccc1F)N1CCN(C[C@H](O)c2ccccc2)CC1. The molecule has 2 aromatic carbocycles. The molecule has 2 aromatic rings. The van der Waals surface area contributed by atoms with E-state index in [2.05, 4.69) is 0 Å². The summed E-state index contributed by atoms with van der Waals surface area (Å²) in [5.74, 6) is -2.31. The van der Waals surface area contributed by atoms with Crippen LogP contribution in [-0.2, 0) is 0 Å². The third kappa shape index (κ3) is 4.03. The fraction of sp³-hybridized carbons (Fsp3) is 0.316. The first-order valence-corrected chi connectivity index (χ1v) is 8.25. The van der Waals surface area contributed by atoms with E-state index in [0.717, 1.165) is 17.7 Å². The lowest BCUT2D eigenvalue weighted by molar-refractivity contribution is 0.0520. The van der Waals surface area contributed by atoms with Crippen LogP contribution in [0.15, 0.2) is 48.5 Å². The van der Waals surface area contributed by atoms with Crippen molar-refractivity contribution in [2.45, 2.75) is 6.10 Å². The Morgan fingerprint density at radius 1 is 0.960 bits per heavy atom. The molecule has 1 atom stereocenters. The first-order valence-electron chi connectivity index (χ1n) is 8.25. The van der Waals surface area contributed by atoms with Gasteiger partial charge in [0.2, 0.25) is 0 Å². The topological polar surface area (TPSA) is 43.8 Å². The number of rotatable bonds is 4. The van der Waals surface area contributed by atoms with Crippen LogP contribution in [0, 0.1) is 11.6 Å². The third-order valence-corrected chi connectivity index (χ3v) is 4.45. The molecule has 4 nitrogen and oxygen atoms in total. The molecule has 6 heteroatoms. The molecule has 0 aromatic heterocycles. The van der Waals surface area contributed by atoms with Crippen LogP contribution in [0.5, 0.6) is 0 Å². The Bertz CT molecular complexity index is 711. The van der Waals surface area contributed by atoms with Gasteiger partial charge >= 0.3 is 0 Å². The summed E-state index contributed by atoms with van der Waals surface area (Å²) < 4.78 is 27.5. The zero-order valence-corrected chi connectivity index (χ0v) is 13.7. The number of nitrogens with zero attached hydrogens (tertiary/aromatic N) is 2. The molecular weight excluding hydrogens is 326 g/mol. The number of carbonyl (C=O) groups excluding carboxylic acids is 1. The van der Waals surface area contributed by atoms with Gasteiger partial charge in [0.15, 0.2) is 0 Å². The summed E-state index contributed by atoms with van der Waals surface area (Å²) in [6, 6.07) is 12.8. The van der Waals surface area contributed by atoms with Gasteiger partial charge in [-0.3, -0.25) is 9.69 Å². The molecule has 0 aliphatic carbocycles. The number of hydrogen-bond acceptors (Lipinski definition) is 3. The predicted octanol–water partition coefficient (Wildman–Crippen LogP) is 2.46. The second-order valence-electron chi connectivity index (χ2n) is 6.12. The van der Waals surface area contributed by atoms with Crippen LogP contribution in [0.3, 0.4) is 0 Å². The molecule has 1 amide bonds. The summed E-state index contributed by atoms with van der Waals surface area (Å²) in [6.07, 6.45) is -0.604. The standard InChI is InChI=1S/C19H20F2N2O2/c20-15-7-4-8-16(21)18(15)19(25)23-11-9-22(10-12-23)13-17(24)14-5-2-1-3-6-14/h1-8,17,24H,9-13H2/t17-/m0/s1. The van der Waals surface area contributed by atoms with Gasteiger partial charge in [0.1, 0.15) is 17.2 Å². The Kier molecular flexibility index (Phi) is 5.40. The van der Waals surface area contributed by atoms with Crippen LogP contribution in [-0.4, -0.2) is 53.5 Å². The highest BCUT2D eigenvalue weighted by Crippen LogP contribution is 2.18. The molecule has 1 fully saturated rings. The average Bonchev–Trinajstić information content (AvgIpc) is 2.63. The maximum atomic E-state index is 13.8. The minimum Gasteiger partial charge on any atom is -0.387 e. The van der Waals surface area contributed by atoms with E-state index in [1.54, 1.807) is 0 Å². The lowest BCUT2D eigenvalue weighted by Gasteiger charge is -2.35. The van der Waals surface area contributed by atoms with Gasteiger partial charge in [0.25, 0.3) is 5.91 Å². The van der Waals surface area contributed by atoms with Crippen molar-refractivity contribution in [3.05, 3.63) is 71.3 Å². The molecule has 1 N–H and O–H groups in total. The average molecular weight is 346 g/mol. The summed E-state index contributed by atoms with van der Waals surface area (Å²) in [5, 5.41) is 10.3. The van der Waals surface area contributed by atoms with E-state index in [1.165, 1.54) is 11.0 Å². The van der Waals surface area contributed by atoms with Gasteiger partial charge in [-0.15, -0.1) is 0 Å². The van der Waals surface area contributed by atoms with Crippen molar-refractivity contribution in [1.29, 1.82) is 0 Å². The summed E-state index contributed by atoms with van der Waals surface area (Å²) in [5.41, 5.74) is 0.342. The third-order valence-electron chi connectivity index (χ3n) is 4.45. The van der Waals surface area contributed by atoms with E-state index >= 15 is 0 Å². The van der Waals surface area contributed by atoms with Crippen molar-refractivity contribution in [1.82, 2.24) is 9.80 Å². The fourth-order valence-electron chi connectivity index (χ4n) is 3.02. The molecule has 0 spiro atoms. The van der Waals surface area contributed by atoms with Crippen molar-refractivity contribution in [3.8, 4) is 0 Å². The summed E-state index contributed by atoms with van der Waals surface area (Å²) in [4.78, 5) is 15.9. The number of halogens is 2. The van der Waals surface area contributed by atoms with Crippen molar-refractivity contribution in [3.63, 3.8) is 0 Å². The number of hydrogen-bond donors (Lipinski definition) is 1. The summed E-state index contributed by atoms with van der Waals surface area (Å²) in [7, 11) is 0. The number of β-amino-alcohol motifs (C(OH)–C–C–N with tert-alkyl or cyclic N) is 1. The number of amides is 1. The highest BCUT2D eigenvalue weighted by atomic mass is 19.1. The van der Waals surface area contributed by atoms with Crippen molar-refractivity contribution >= 4 is 5.91 Å². The first-order chi connectivity index (χ1) is 12.1. The minimum atomic E-state index is -0.841. The Balaban J connectivity index is 1.58. The largest absolute Gasteiger partial charge is 0.387 e. The molecule has 0 radical (unpaired) electrons. The number of benzene rings is 2. The zero-order valence-electron chi connectivity index (χ0n) is 13.7. The molecular formula is C19H20F2N2O2. The van der Waals surface area contributed by atoms with Crippen molar-refractivity contribution in [2.24, 2.45) is 0 Å². The van der Waals surface area contributed by atoms with Gasteiger partial charge in [-0.25, -0.2) is 8.78 Å². The van der Waals surface area contributed by atoms with E-state index in [4.69, 9.17) is 0 Å². The monoisotopic (exact) mass is 346 g/mol. The van der Waals surface area contributed by atoms with E-state index < -0.39 is 29.2 Å². The molecule has 3 rings (SSSR count). The van der Waals surface area contributed by atoms with E-state index in [0.29, 0.717) is 32.7 Å². The molecule has 132 valence electrons. The lowest BCUT2D eigenvalue weighted by atomic mass is 10.1. The number of carbonyl (C=O) groups is 1. The van der Waals surface area contributed by atoms with Crippen LogP contribution in [0.2, 0.25) is 0 Å². The molecule has 0 unspecified atom stereocenters. The normalized spacial score (nSPS) is 16.7. The Morgan fingerprint density at radius 3 is 2.16 bits per heavy atom. The molecule has 1 aliphatic rings. The highest BCUT2D eigenvalue weighted by molar-refractivity contribution is 5.94. The molecule has 1 saturated heterocycles. The molecule has 25 heavy (non-hydrogen) atoms. The van der Waals surface area contributed by atoms with Crippen LogP contribution in [0.4, 0.5) is 8.78 Å². The van der Waals surface area contributed by atoms with Gasteiger partial charge in [0, 0.05) is 32.7 Å². The van der Waals surface area contributed by atoms with Gasteiger partial charge < -0.3 is 10.0 Å². The maximum absolute atomic E-state index is 13.8. The highest BCUT2D eigenvalue weighted by Gasteiger charge is 2.27. The Hall–Kier alpha value is -2.31. The zero-order chi connectivity index (χ0) is 17.8. The first kappa shape index (κ1) is 17.5. The molecule has 1 heterocycles. The smallest absolute Gasteiger partial charge is 0.259 e. The molecule has 0 bridgehead atoms. The Labute approximate surface area is 145 Å². The Morgan fingerprint density at radius 2 is 1.56 bits per heavy atom. The van der Waals surface area contributed by atoms with Crippen LogP contribution < -0.4 is 0 Å². The maximum Gasteiger partial charge on any atom is 0.259 e. The summed E-state index contributed by atoms with van der Waals surface area (Å²) in [6.45, 7) is 2.29. The van der Waals surface area contributed by atoms with Crippen molar-refractivity contribution in [2.75, 3.05) is 32.7 Å². The van der Waals surface area contributed by atoms with Gasteiger partial charge in [-0.2, -0.15) is 0 Å². The number of piperazine rings is 1. The number of aliphatic hydroxyl groups is 1. The number of aliphatic hydroxyl groups excluding tert-OH is 1. The minimum absolute atomic E-state index is 0.369. The molecule has 1 aliphatic heterocycles. The summed E-state index contributed by atoms with van der Waals surface area (Å²) >= 11 is 0. The van der Waals surface area contributed by atoms with Crippen molar-refractivity contribution < 1.29 is 18.7 Å². The van der Waals surface area contributed by atoms with E-state index in [-0.39, 0.29) is 0 Å². The van der Waals surface area contributed by atoms with E-state index in [9.17, 15) is 18.7 Å². The van der Waals surface area contributed by atoms with Gasteiger partial charge in [0.05, 0.1) is 6.10 Å². The lowest BCUT2D eigenvalue weighted by Crippen LogP contribution is -2.49. The van der Waals surface area contributed by atoms with Crippen LogP contribution in [0.25, 0.3) is 0 Å². The second-order valence-corrected chi connectivity index (χ2v) is 6.12. The van der Waals surface area contributed by atoms with Crippen LogP contribution in [0.1, 0.15) is 22.0 Å². The fourth-order valence-corrected chi connectivity index (χ4v) is 3.02. The van der Waals surface area contributed by atoms with Gasteiger partial charge in [-0.05, 0) is 17.7 Å². The predicted molar refractivity (Wildman–Crippen MR) is 90.1 cm³/mol. The quantitative estimate of drug-likeness (QED) is 0.925.